The van der Waals surface area contributed by atoms with E-state index in [0.29, 0.717) is 5.56 Å². The molecule has 0 amide bonds. The van der Waals surface area contributed by atoms with Crippen molar-refractivity contribution in [2.75, 3.05) is 0 Å². The molecule has 0 aliphatic heterocycles. The van der Waals surface area contributed by atoms with E-state index in [1.165, 1.54) is 0 Å². The first-order valence-corrected chi connectivity index (χ1v) is 4.59. The molecule has 0 bridgehead atoms. The third-order valence-electron chi connectivity index (χ3n) is 2.21. The van der Waals surface area contributed by atoms with E-state index in [1.807, 2.05) is 49.4 Å². The van der Waals surface area contributed by atoms with Gasteiger partial charge in [0.2, 0.25) is 0 Å². The van der Waals surface area contributed by atoms with Gasteiger partial charge >= 0.3 is 0 Å². The zero-order valence-corrected chi connectivity index (χ0v) is 8.00. The van der Waals surface area contributed by atoms with Crippen LogP contribution in [-0.4, -0.2) is 0 Å². The smallest absolute Gasteiger partial charge is 0.131 e. The summed E-state index contributed by atoms with van der Waals surface area (Å²) in [6.07, 6.45) is 0. The van der Waals surface area contributed by atoms with Crippen LogP contribution in [0.1, 0.15) is 5.56 Å². The van der Waals surface area contributed by atoms with Crippen molar-refractivity contribution in [1.82, 2.24) is 0 Å². The van der Waals surface area contributed by atoms with Crippen molar-refractivity contribution in [2.24, 2.45) is 0 Å². The molecule has 0 aliphatic rings. The zero-order valence-electron chi connectivity index (χ0n) is 8.00. The summed E-state index contributed by atoms with van der Waals surface area (Å²) in [5, 5.41) is 0. The van der Waals surface area contributed by atoms with Gasteiger partial charge in [0.15, 0.2) is 0 Å². The van der Waals surface area contributed by atoms with Crippen molar-refractivity contribution in [3.63, 3.8) is 0 Å². The normalized spacial score (nSPS) is 10.1. The van der Waals surface area contributed by atoms with Crippen LogP contribution in [0.15, 0.2) is 48.5 Å². The Balaban J connectivity index is 2.53. The monoisotopic (exact) mass is 186 g/mol. The summed E-state index contributed by atoms with van der Waals surface area (Å²) >= 11 is 0. The first-order chi connectivity index (χ1) is 6.77. The third-order valence-corrected chi connectivity index (χ3v) is 2.21. The highest BCUT2D eigenvalue weighted by atomic mass is 19.1. The molecule has 1 heteroatoms. The third kappa shape index (κ3) is 1.67. The minimum Gasteiger partial charge on any atom is -0.206 e. The molecule has 14 heavy (non-hydrogen) atoms. The molecule has 0 N–H and O–H groups in total. The average molecular weight is 186 g/mol. The maximum absolute atomic E-state index is 13.5. The topological polar surface area (TPSA) is 0 Å². The predicted octanol–water partition coefficient (Wildman–Crippen LogP) is 3.80. The van der Waals surface area contributed by atoms with Gasteiger partial charge in [0.1, 0.15) is 5.82 Å². The van der Waals surface area contributed by atoms with E-state index in [1.54, 1.807) is 6.07 Å². The van der Waals surface area contributed by atoms with Crippen molar-refractivity contribution in [3.8, 4) is 11.1 Å². The molecule has 2 rings (SSSR count). The number of hydrogen-bond acceptors (Lipinski definition) is 0. The Morgan fingerprint density at radius 2 is 1.64 bits per heavy atom. The van der Waals surface area contributed by atoms with Gasteiger partial charge in [-0.25, -0.2) is 4.39 Å². The van der Waals surface area contributed by atoms with Gasteiger partial charge in [0, 0.05) is 5.56 Å². The van der Waals surface area contributed by atoms with Gasteiger partial charge in [-0.1, -0.05) is 42.5 Å². The maximum atomic E-state index is 13.5. The molecule has 0 saturated heterocycles. The highest BCUT2D eigenvalue weighted by Crippen LogP contribution is 2.22. The second-order valence-corrected chi connectivity index (χ2v) is 3.35. The van der Waals surface area contributed by atoms with Crippen molar-refractivity contribution >= 4 is 0 Å². The van der Waals surface area contributed by atoms with Crippen LogP contribution in [-0.2, 0) is 0 Å². The fourth-order valence-electron chi connectivity index (χ4n) is 1.47. The fourth-order valence-corrected chi connectivity index (χ4v) is 1.47. The molecule has 0 spiro atoms. The standard InChI is InChI=1S/C13H11F/c1-10-7-8-12(13(14)9-10)11-5-3-2-4-6-11/h2-9H,1H3. The van der Waals surface area contributed by atoms with Gasteiger partial charge in [-0.15, -0.1) is 0 Å². The second kappa shape index (κ2) is 3.62. The molecule has 0 atom stereocenters. The first kappa shape index (κ1) is 8.95. The van der Waals surface area contributed by atoms with Crippen LogP contribution >= 0.6 is 0 Å². The van der Waals surface area contributed by atoms with Crippen LogP contribution in [0.25, 0.3) is 11.1 Å². The molecule has 0 nitrogen and oxygen atoms in total. The van der Waals surface area contributed by atoms with Crippen LogP contribution in [0.4, 0.5) is 4.39 Å². The Labute approximate surface area is 83.0 Å². The number of aryl methyl sites for hydroxylation is 1. The first-order valence-electron chi connectivity index (χ1n) is 4.59. The van der Waals surface area contributed by atoms with Gasteiger partial charge in [0.25, 0.3) is 0 Å². The average Bonchev–Trinajstić information content (AvgIpc) is 2.19. The van der Waals surface area contributed by atoms with Crippen LogP contribution in [0.2, 0.25) is 0 Å². The van der Waals surface area contributed by atoms with Gasteiger partial charge in [-0.3, -0.25) is 0 Å². The quantitative estimate of drug-likeness (QED) is 0.635. The molecule has 0 fully saturated rings. The van der Waals surface area contributed by atoms with E-state index in [9.17, 15) is 4.39 Å². The molecule has 0 unspecified atom stereocenters. The lowest BCUT2D eigenvalue weighted by Gasteiger charge is -2.03. The predicted molar refractivity (Wildman–Crippen MR) is 56.6 cm³/mol. The minimum atomic E-state index is -0.156. The Morgan fingerprint density at radius 3 is 2.29 bits per heavy atom. The summed E-state index contributed by atoms with van der Waals surface area (Å²) in [6, 6.07) is 14.9. The second-order valence-electron chi connectivity index (χ2n) is 3.35. The van der Waals surface area contributed by atoms with E-state index < -0.39 is 0 Å². The molecule has 0 saturated carbocycles. The van der Waals surface area contributed by atoms with Crippen LogP contribution in [0, 0.1) is 12.7 Å². The van der Waals surface area contributed by atoms with Gasteiger partial charge < -0.3 is 0 Å². The largest absolute Gasteiger partial charge is 0.206 e. The Morgan fingerprint density at radius 1 is 0.929 bits per heavy atom. The van der Waals surface area contributed by atoms with Crippen LogP contribution < -0.4 is 0 Å². The highest BCUT2D eigenvalue weighted by Gasteiger charge is 2.03. The summed E-state index contributed by atoms with van der Waals surface area (Å²) < 4.78 is 13.5. The number of halogens is 1. The Hall–Kier alpha value is -1.63. The lowest BCUT2D eigenvalue weighted by atomic mass is 10.0. The van der Waals surface area contributed by atoms with Crippen molar-refractivity contribution in [2.45, 2.75) is 6.92 Å². The van der Waals surface area contributed by atoms with E-state index in [0.717, 1.165) is 11.1 Å². The summed E-state index contributed by atoms with van der Waals surface area (Å²) in [7, 11) is 0. The Bertz CT molecular complexity index is 432. The molecule has 2 aromatic carbocycles. The number of hydrogen-bond donors (Lipinski definition) is 0. The highest BCUT2D eigenvalue weighted by molar-refractivity contribution is 5.64. The molecule has 0 heterocycles. The molecule has 0 aliphatic carbocycles. The summed E-state index contributed by atoms with van der Waals surface area (Å²) in [4.78, 5) is 0. The van der Waals surface area contributed by atoms with Gasteiger partial charge in [-0.2, -0.15) is 0 Å². The molecule has 2 aromatic rings. The zero-order chi connectivity index (χ0) is 9.97. The van der Waals surface area contributed by atoms with E-state index >= 15 is 0 Å². The van der Waals surface area contributed by atoms with Gasteiger partial charge in [-0.05, 0) is 24.1 Å². The number of benzene rings is 2. The SMILES string of the molecule is Cc1ccc(-c2ccccc2)c(F)c1. The lowest BCUT2D eigenvalue weighted by molar-refractivity contribution is 0.630. The van der Waals surface area contributed by atoms with E-state index in [2.05, 4.69) is 0 Å². The van der Waals surface area contributed by atoms with E-state index in [4.69, 9.17) is 0 Å². The summed E-state index contributed by atoms with van der Waals surface area (Å²) in [6.45, 7) is 1.89. The van der Waals surface area contributed by atoms with Crippen molar-refractivity contribution in [3.05, 3.63) is 59.9 Å². The van der Waals surface area contributed by atoms with Crippen LogP contribution in [0.5, 0.6) is 0 Å². The molecular formula is C13H11F. The Kier molecular flexibility index (Phi) is 2.32. The molecule has 0 aromatic heterocycles. The lowest BCUT2D eigenvalue weighted by Crippen LogP contribution is -1.84. The molecule has 70 valence electrons. The molecular weight excluding hydrogens is 175 g/mol. The summed E-state index contributed by atoms with van der Waals surface area (Å²) in [5.74, 6) is -0.156. The number of rotatable bonds is 1. The summed E-state index contributed by atoms with van der Waals surface area (Å²) in [5.41, 5.74) is 2.53. The maximum Gasteiger partial charge on any atom is 0.131 e. The fraction of sp³-hybridized carbons (Fsp3) is 0.0769. The van der Waals surface area contributed by atoms with Crippen molar-refractivity contribution in [1.29, 1.82) is 0 Å². The minimum absolute atomic E-state index is 0.156. The van der Waals surface area contributed by atoms with Gasteiger partial charge in [0.05, 0.1) is 0 Å². The van der Waals surface area contributed by atoms with Crippen LogP contribution in [0.3, 0.4) is 0 Å². The van der Waals surface area contributed by atoms with Crippen molar-refractivity contribution < 1.29 is 4.39 Å². The molecule has 0 radical (unpaired) electrons. The van der Waals surface area contributed by atoms with E-state index in [-0.39, 0.29) is 5.82 Å².